The molecule has 7 nitrogen and oxygen atoms in total. The molecule has 1 fully saturated rings. The summed E-state index contributed by atoms with van der Waals surface area (Å²) in [5, 5.41) is 3.47. The Labute approximate surface area is 172 Å². The fraction of sp³-hybridized carbons (Fsp3) is 0.579. The van der Waals surface area contributed by atoms with Crippen molar-refractivity contribution in [2.24, 2.45) is 7.05 Å². The van der Waals surface area contributed by atoms with Gasteiger partial charge in [0.15, 0.2) is 0 Å². The fourth-order valence-electron chi connectivity index (χ4n) is 4.29. The van der Waals surface area contributed by atoms with Crippen LogP contribution in [0.4, 0.5) is 13.2 Å². The number of sulfonamides is 1. The molecule has 0 N–H and O–H groups in total. The Kier molecular flexibility index (Phi) is 5.29. The molecular weight excluding hydrogens is 421 g/mol. The second kappa shape index (κ2) is 7.52. The number of aryl methyl sites for hydroxylation is 2. The van der Waals surface area contributed by atoms with Crippen molar-refractivity contribution in [3.63, 3.8) is 0 Å². The van der Waals surface area contributed by atoms with Crippen molar-refractivity contribution in [3.8, 4) is 0 Å². The molecule has 164 valence electrons. The Bertz CT molecular complexity index is 1110. The number of hydrogen-bond acceptors (Lipinski definition) is 4. The van der Waals surface area contributed by atoms with Crippen LogP contribution in [0.15, 0.2) is 27.9 Å². The van der Waals surface area contributed by atoms with Crippen molar-refractivity contribution in [2.75, 3.05) is 13.1 Å². The lowest BCUT2D eigenvalue weighted by Gasteiger charge is -2.31. The van der Waals surface area contributed by atoms with E-state index >= 15 is 0 Å². The molecule has 0 atom stereocenters. The molecular formula is C19H23F3N4O3S. The smallest absolute Gasteiger partial charge is 0.274 e. The third-order valence-electron chi connectivity index (χ3n) is 5.98. The lowest BCUT2D eigenvalue weighted by Crippen LogP contribution is -2.41. The Morgan fingerprint density at radius 2 is 1.70 bits per heavy atom. The lowest BCUT2D eigenvalue weighted by atomic mass is 9.92. The van der Waals surface area contributed by atoms with E-state index in [0.717, 1.165) is 43.0 Å². The molecule has 1 saturated heterocycles. The molecule has 0 bridgehead atoms. The Morgan fingerprint density at radius 1 is 1.07 bits per heavy atom. The maximum atomic E-state index is 13.1. The van der Waals surface area contributed by atoms with Crippen LogP contribution in [-0.2, 0) is 36.1 Å². The highest BCUT2D eigenvalue weighted by Crippen LogP contribution is 2.30. The summed E-state index contributed by atoms with van der Waals surface area (Å²) in [5.74, 6) is -1.25. The third kappa shape index (κ3) is 3.68. The van der Waals surface area contributed by atoms with Crippen LogP contribution in [0.2, 0.25) is 0 Å². The van der Waals surface area contributed by atoms with Gasteiger partial charge >= 0.3 is 11.9 Å². The minimum absolute atomic E-state index is 0.119. The molecule has 11 heteroatoms. The molecule has 0 spiro atoms. The van der Waals surface area contributed by atoms with Gasteiger partial charge in [-0.3, -0.25) is 4.57 Å². The molecule has 1 aromatic heterocycles. The minimum atomic E-state index is -4.73. The maximum absolute atomic E-state index is 13.1. The number of halogens is 3. The first-order valence-corrected chi connectivity index (χ1v) is 11.4. The average Bonchev–Trinajstić information content (AvgIpc) is 3.03. The molecule has 30 heavy (non-hydrogen) atoms. The number of fused-ring (bicyclic) bond motifs is 1. The van der Waals surface area contributed by atoms with Gasteiger partial charge in [0.05, 0.1) is 10.9 Å². The van der Waals surface area contributed by atoms with Crippen LogP contribution >= 0.6 is 0 Å². The highest BCUT2D eigenvalue weighted by Gasteiger charge is 2.39. The van der Waals surface area contributed by atoms with E-state index in [2.05, 4.69) is 5.10 Å². The van der Waals surface area contributed by atoms with Gasteiger partial charge in [-0.05, 0) is 61.8 Å². The van der Waals surface area contributed by atoms with E-state index in [1.165, 1.54) is 9.87 Å². The van der Waals surface area contributed by atoms with Gasteiger partial charge in [0.25, 0.3) is 0 Å². The largest absolute Gasteiger partial charge is 0.451 e. The standard InChI is InChI=1S/C19H23F3N4O3S/c1-24-17(19(20,21)22)23-26(18(24)27)15-8-10-25(11-9-15)30(28,29)16-7-6-13-4-2-3-5-14(13)12-16/h6-7,12,15H,2-5,8-11H2,1H3. The lowest BCUT2D eigenvalue weighted by molar-refractivity contribution is -0.147. The number of rotatable bonds is 3. The molecule has 4 rings (SSSR count). The van der Waals surface area contributed by atoms with E-state index in [9.17, 15) is 26.4 Å². The zero-order chi connectivity index (χ0) is 21.7. The number of hydrogen-bond donors (Lipinski definition) is 0. The molecule has 0 radical (unpaired) electrons. The summed E-state index contributed by atoms with van der Waals surface area (Å²) >= 11 is 0. The predicted molar refractivity (Wildman–Crippen MR) is 103 cm³/mol. The zero-order valence-corrected chi connectivity index (χ0v) is 17.3. The van der Waals surface area contributed by atoms with E-state index < -0.39 is 33.8 Å². The van der Waals surface area contributed by atoms with Gasteiger partial charge in [0.1, 0.15) is 0 Å². The van der Waals surface area contributed by atoms with Gasteiger partial charge in [0, 0.05) is 20.1 Å². The summed E-state index contributed by atoms with van der Waals surface area (Å²) in [4.78, 5) is 12.4. The van der Waals surface area contributed by atoms with Gasteiger partial charge in [-0.1, -0.05) is 6.07 Å². The van der Waals surface area contributed by atoms with Crippen LogP contribution in [0.25, 0.3) is 0 Å². The van der Waals surface area contributed by atoms with E-state index in [1.54, 1.807) is 12.1 Å². The Hall–Kier alpha value is -2.14. The molecule has 0 unspecified atom stereocenters. The summed E-state index contributed by atoms with van der Waals surface area (Å²) in [6.07, 6.45) is -0.312. The van der Waals surface area contributed by atoms with E-state index in [1.807, 2.05) is 6.07 Å². The zero-order valence-electron chi connectivity index (χ0n) is 16.5. The number of benzene rings is 1. The fourth-order valence-corrected chi connectivity index (χ4v) is 5.81. The average molecular weight is 444 g/mol. The van der Waals surface area contributed by atoms with Crippen molar-refractivity contribution >= 4 is 10.0 Å². The van der Waals surface area contributed by atoms with Gasteiger partial charge in [-0.2, -0.15) is 17.5 Å². The summed E-state index contributed by atoms with van der Waals surface area (Å²) < 4.78 is 67.8. The molecule has 2 aliphatic rings. The number of nitrogens with zero attached hydrogens (tertiary/aromatic N) is 4. The van der Waals surface area contributed by atoms with Crippen molar-refractivity contribution in [1.29, 1.82) is 0 Å². The normalized spacial score (nSPS) is 19.1. The van der Waals surface area contributed by atoms with Crippen LogP contribution in [0.3, 0.4) is 0 Å². The molecule has 0 amide bonds. The van der Waals surface area contributed by atoms with Gasteiger partial charge < -0.3 is 0 Å². The minimum Gasteiger partial charge on any atom is -0.274 e. The van der Waals surface area contributed by atoms with Gasteiger partial charge in [-0.25, -0.2) is 17.9 Å². The molecule has 0 saturated carbocycles. The highest BCUT2D eigenvalue weighted by molar-refractivity contribution is 7.89. The van der Waals surface area contributed by atoms with Crippen LogP contribution < -0.4 is 5.69 Å². The number of aromatic nitrogens is 3. The third-order valence-corrected chi connectivity index (χ3v) is 7.88. The number of piperidine rings is 1. The van der Waals surface area contributed by atoms with Gasteiger partial charge in [-0.15, -0.1) is 5.10 Å². The first kappa shape index (κ1) is 21.1. The Morgan fingerprint density at radius 3 is 2.30 bits per heavy atom. The SMILES string of the molecule is Cn1c(C(F)(F)F)nn(C2CCN(S(=O)(=O)c3ccc4c(c3)CCCC4)CC2)c1=O. The maximum Gasteiger partial charge on any atom is 0.451 e. The first-order chi connectivity index (χ1) is 14.1. The molecule has 1 aromatic carbocycles. The number of alkyl halides is 3. The van der Waals surface area contributed by atoms with Crippen molar-refractivity contribution < 1.29 is 21.6 Å². The van der Waals surface area contributed by atoms with Crippen LogP contribution in [0.5, 0.6) is 0 Å². The Balaban J connectivity index is 1.52. The highest BCUT2D eigenvalue weighted by atomic mass is 32.2. The second-order valence-corrected chi connectivity index (χ2v) is 9.82. The van der Waals surface area contributed by atoms with E-state index in [0.29, 0.717) is 4.57 Å². The quantitative estimate of drug-likeness (QED) is 0.729. The molecule has 1 aliphatic heterocycles. The van der Waals surface area contributed by atoms with Crippen LogP contribution in [0, 0.1) is 0 Å². The predicted octanol–water partition coefficient (Wildman–Crippen LogP) is 2.51. The second-order valence-electron chi connectivity index (χ2n) is 7.88. The summed E-state index contributed by atoms with van der Waals surface area (Å²) in [5.41, 5.74) is 1.41. The summed E-state index contributed by atoms with van der Waals surface area (Å²) in [6, 6.07) is 4.68. The van der Waals surface area contributed by atoms with Crippen LogP contribution in [0.1, 0.15) is 48.7 Å². The van der Waals surface area contributed by atoms with Crippen molar-refractivity contribution in [1.82, 2.24) is 18.7 Å². The topological polar surface area (TPSA) is 77.2 Å². The van der Waals surface area contributed by atoms with Crippen molar-refractivity contribution in [3.05, 3.63) is 45.6 Å². The van der Waals surface area contributed by atoms with E-state index in [-0.39, 0.29) is 30.8 Å². The summed E-state index contributed by atoms with van der Waals surface area (Å²) in [7, 11) is -2.67. The molecule has 1 aliphatic carbocycles. The molecule has 2 aromatic rings. The monoisotopic (exact) mass is 444 g/mol. The van der Waals surface area contributed by atoms with Gasteiger partial charge in [0.2, 0.25) is 15.8 Å². The van der Waals surface area contributed by atoms with Crippen molar-refractivity contribution in [2.45, 2.75) is 55.6 Å². The first-order valence-electron chi connectivity index (χ1n) is 9.94. The van der Waals surface area contributed by atoms with E-state index in [4.69, 9.17) is 0 Å². The van der Waals surface area contributed by atoms with Crippen LogP contribution in [-0.4, -0.2) is 40.2 Å². The summed E-state index contributed by atoms with van der Waals surface area (Å²) in [6.45, 7) is 0.239. The molecule has 2 heterocycles.